The maximum atomic E-state index is 12.4. The van der Waals surface area contributed by atoms with Gasteiger partial charge in [-0.25, -0.2) is 18.1 Å². The molecule has 1 aromatic heterocycles. The highest BCUT2D eigenvalue weighted by atomic mass is 35.5. The molecular weight excluding hydrogens is 432 g/mol. The van der Waals surface area contributed by atoms with E-state index in [2.05, 4.69) is 10.0 Å². The number of benzene rings is 3. The lowest BCUT2D eigenvalue weighted by Crippen LogP contribution is -2.24. The molecule has 4 aromatic rings. The van der Waals surface area contributed by atoms with Crippen molar-refractivity contribution in [3.05, 3.63) is 66.7 Å². The smallest absolute Gasteiger partial charge is 0.240 e. The van der Waals surface area contributed by atoms with Crippen molar-refractivity contribution in [1.29, 1.82) is 0 Å². The number of nitrogens with zero attached hydrogens (tertiary/aromatic N) is 1. The average molecular weight is 457 g/mol. The highest BCUT2D eigenvalue weighted by Crippen LogP contribution is 2.34. The van der Waals surface area contributed by atoms with E-state index in [1.165, 1.54) is 0 Å². The second kappa shape index (κ2) is 9.51. The van der Waals surface area contributed by atoms with Crippen molar-refractivity contribution in [3.8, 4) is 0 Å². The van der Waals surface area contributed by atoms with Crippen molar-refractivity contribution in [2.75, 3.05) is 17.6 Å². The van der Waals surface area contributed by atoms with Gasteiger partial charge in [-0.2, -0.15) is 0 Å². The van der Waals surface area contributed by atoms with Crippen molar-refractivity contribution in [2.24, 2.45) is 0 Å². The third kappa shape index (κ3) is 4.90. The summed E-state index contributed by atoms with van der Waals surface area (Å²) >= 11 is 0. The third-order valence-electron chi connectivity index (χ3n) is 4.96. The molecule has 0 bridgehead atoms. The second-order valence-electron chi connectivity index (χ2n) is 7.18. The lowest BCUT2D eigenvalue weighted by Gasteiger charge is -2.14. The summed E-state index contributed by atoms with van der Waals surface area (Å²) in [6.45, 7) is 2.46. The predicted octanol–water partition coefficient (Wildman–Crippen LogP) is 5.21. The molecule has 0 saturated heterocycles. The first-order valence-electron chi connectivity index (χ1n) is 9.92. The Bertz CT molecular complexity index is 1310. The molecule has 0 unspecified atom stereocenters. The Morgan fingerprint density at radius 2 is 1.65 bits per heavy atom. The van der Waals surface area contributed by atoms with Crippen LogP contribution in [-0.2, 0) is 10.0 Å². The van der Waals surface area contributed by atoms with Gasteiger partial charge >= 0.3 is 0 Å². The van der Waals surface area contributed by atoms with Gasteiger partial charge in [0, 0.05) is 28.7 Å². The topological polar surface area (TPSA) is 97.1 Å². The number of hydrogen-bond donors (Lipinski definition) is 3. The van der Waals surface area contributed by atoms with Crippen LogP contribution >= 0.6 is 12.4 Å². The van der Waals surface area contributed by atoms with Gasteiger partial charge in [0.05, 0.1) is 21.6 Å². The molecule has 1 heterocycles. The van der Waals surface area contributed by atoms with Gasteiger partial charge < -0.3 is 11.1 Å². The van der Waals surface area contributed by atoms with Crippen LogP contribution in [0, 0.1) is 0 Å². The van der Waals surface area contributed by atoms with E-state index in [9.17, 15) is 8.42 Å². The van der Waals surface area contributed by atoms with E-state index in [-0.39, 0.29) is 17.3 Å². The summed E-state index contributed by atoms with van der Waals surface area (Å²) in [7, 11) is -3.50. The Morgan fingerprint density at radius 3 is 2.39 bits per heavy atom. The van der Waals surface area contributed by atoms with E-state index in [1.807, 2.05) is 49.4 Å². The average Bonchev–Trinajstić information content (AvgIpc) is 2.74. The summed E-state index contributed by atoms with van der Waals surface area (Å²) in [6.07, 6.45) is 1.75. The number of unbranched alkanes of at least 4 members (excludes halogenated alkanes) is 1. The van der Waals surface area contributed by atoms with Crippen LogP contribution < -0.4 is 15.8 Å². The number of rotatable bonds is 7. The molecule has 0 amide bonds. The zero-order valence-electron chi connectivity index (χ0n) is 17.1. The van der Waals surface area contributed by atoms with Gasteiger partial charge in [0.15, 0.2) is 0 Å². The number of pyridine rings is 1. The molecule has 0 spiro atoms. The molecule has 0 radical (unpaired) electrons. The Hall–Kier alpha value is -2.87. The van der Waals surface area contributed by atoms with E-state index in [1.54, 1.807) is 24.3 Å². The van der Waals surface area contributed by atoms with Gasteiger partial charge in [0.1, 0.15) is 0 Å². The fraction of sp³-hybridized carbons (Fsp3) is 0.174. The van der Waals surface area contributed by atoms with E-state index >= 15 is 0 Å². The number of fused-ring (bicyclic) bond motifs is 2. The molecule has 6 nitrogen and oxygen atoms in total. The molecule has 162 valence electrons. The van der Waals surface area contributed by atoms with Gasteiger partial charge in [-0.15, -0.1) is 12.4 Å². The highest BCUT2D eigenvalue weighted by molar-refractivity contribution is 7.89. The minimum absolute atomic E-state index is 0. The van der Waals surface area contributed by atoms with Crippen LogP contribution in [0.3, 0.4) is 0 Å². The van der Waals surface area contributed by atoms with Gasteiger partial charge in [-0.1, -0.05) is 31.5 Å². The Balaban J connectivity index is 0.00000272. The molecule has 0 aliphatic rings. The summed E-state index contributed by atoms with van der Waals surface area (Å²) in [6, 6.07) is 20.3. The predicted molar refractivity (Wildman–Crippen MR) is 131 cm³/mol. The first-order valence-corrected chi connectivity index (χ1v) is 11.4. The number of para-hydroxylation sites is 1. The molecule has 4 N–H and O–H groups in total. The lowest BCUT2D eigenvalue weighted by atomic mass is 10.1. The molecule has 0 saturated carbocycles. The summed E-state index contributed by atoms with van der Waals surface area (Å²) in [4.78, 5) is 4.97. The van der Waals surface area contributed by atoms with E-state index < -0.39 is 10.0 Å². The molecular formula is C23H25ClN4O2S. The van der Waals surface area contributed by atoms with Crippen LogP contribution in [0.5, 0.6) is 0 Å². The molecule has 0 atom stereocenters. The van der Waals surface area contributed by atoms with Gasteiger partial charge in [0.2, 0.25) is 10.0 Å². The largest absolute Gasteiger partial charge is 0.399 e. The molecule has 0 fully saturated rings. The SMILES string of the molecule is CCCCNS(=O)(=O)c1ccc(Nc2c3ccccc3nc3cc(N)ccc23)cc1.Cl. The Labute approximate surface area is 188 Å². The maximum Gasteiger partial charge on any atom is 0.240 e. The monoisotopic (exact) mass is 456 g/mol. The third-order valence-corrected chi connectivity index (χ3v) is 6.44. The van der Waals surface area contributed by atoms with Crippen LogP contribution in [0.2, 0.25) is 0 Å². The first-order chi connectivity index (χ1) is 14.5. The molecule has 8 heteroatoms. The normalized spacial score (nSPS) is 11.4. The number of aromatic nitrogens is 1. The number of halogens is 1. The fourth-order valence-electron chi connectivity index (χ4n) is 3.37. The van der Waals surface area contributed by atoms with Crippen molar-refractivity contribution < 1.29 is 8.42 Å². The van der Waals surface area contributed by atoms with Crippen molar-refractivity contribution in [1.82, 2.24) is 9.71 Å². The zero-order valence-corrected chi connectivity index (χ0v) is 18.8. The summed E-state index contributed by atoms with van der Waals surface area (Å²) in [5, 5.41) is 5.37. The van der Waals surface area contributed by atoms with Crippen LogP contribution in [0.25, 0.3) is 21.8 Å². The standard InChI is InChI=1S/C23H24N4O2S.ClH/c1-2-3-14-25-30(28,29)18-11-9-17(10-12-18)26-23-19-6-4-5-7-21(19)27-22-15-16(24)8-13-20(22)23;/h4-13,15,25H,2-3,14,24H2,1H3,(H,26,27);1H. The van der Waals surface area contributed by atoms with Crippen molar-refractivity contribution >= 4 is 61.3 Å². The summed E-state index contributed by atoms with van der Waals surface area (Å²) < 4.78 is 27.4. The van der Waals surface area contributed by atoms with Crippen LogP contribution in [0.1, 0.15) is 19.8 Å². The number of anilines is 3. The number of nitrogen functional groups attached to an aromatic ring is 1. The molecule has 0 aliphatic carbocycles. The molecule has 4 rings (SSSR count). The number of sulfonamides is 1. The Kier molecular flexibility index (Phi) is 7.00. The molecule has 31 heavy (non-hydrogen) atoms. The fourth-order valence-corrected chi connectivity index (χ4v) is 4.45. The number of nitrogens with one attached hydrogen (secondary N) is 2. The van der Waals surface area contributed by atoms with Crippen molar-refractivity contribution in [3.63, 3.8) is 0 Å². The highest BCUT2D eigenvalue weighted by Gasteiger charge is 2.14. The van der Waals surface area contributed by atoms with Gasteiger partial charge in [-0.05, 0) is 55.0 Å². The second-order valence-corrected chi connectivity index (χ2v) is 8.95. The van der Waals surface area contributed by atoms with Gasteiger partial charge in [-0.3, -0.25) is 0 Å². The van der Waals surface area contributed by atoms with Crippen LogP contribution in [0.4, 0.5) is 17.1 Å². The van der Waals surface area contributed by atoms with Crippen molar-refractivity contribution in [2.45, 2.75) is 24.7 Å². The lowest BCUT2D eigenvalue weighted by molar-refractivity contribution is 0.578. The minimum atomic E-state index is -3.50. The quantitative estimate of drug-likeness (QED) is 0.201. The van der Waals surface area contributed by atoms with E-state index in [0.29, 0.717) is 12.2 Å². The van der Waals surface area contributed by atoms with Gasteiger partial charge in [0.25, 0.3) is 0 Å². The van der Waals surface area contributed by atoms with Crippen LogP contribution in [0.15, 0.2) is 71.6 Å². The first kappa shape index (κ1) is 22.8. The minimum Gasteiger partial charge on any atom is -0.399 e. The molecule has 0 aliphatic heterocycles. The zero-order chi connectivity index (χ0) is 21.1. The number of nitrogens with two attached hydrogens (primary N) is 1. The maximum absolute atomic E-state index is 12.4. The molecule has 3 aromatic carbocycles. The van der Waals surface area contributed by atoms with E-state index in [0.717, 1.165) is 46.0 Å². The van der Waals surface area contributed by atoms with Crippen LogP contribution in [-0.4, -0.2) is 19.9 Å². The van der Waals surface area contributed by atoms with E-state index in [4.69, 9.17) is 10.7 Å². The summed E-state index contributed by atoms with van der Waals surface area (Å²) in [5.74, 6) is 0. The number of hydrogen-bond acceptors (Lipinski definition) is 5. The Morgan fingerprint density at radius 1 is 0.935 bits per heavy atom. The summed E-state index contributed by atoms with van der Waals surface area (Å²) in [5.41, 5.74) is 9.96.